The van der Waals surface area contributed by atoms with Gasteiger partial charge in [0.1, 0.15) is 5.75 Å². The van der Waals surface area contributed by atoms with E-state index in [2.05, 4.69) is 21.5 Å². The molecular formula is C21H21Cl3N4O4S. The van der Waals surface area contributed by atoms with Crippen molar-refractivity contribution in [1.29, 1.82) is 0 Å². The number of halogens is 3. The van der Waals surface area contributed by atoms with Crippen LogP contribution in [-0.2, 0) is 14.4 Å². The first-order valence-corrected chi connectivity index (χ1v) is 11.2. The van der Waals surface area contributed by atoms with Gasteiger partial charge in [-0.25, -0.2) is 0 Å². The predicted octanol–water partition coefficient (Wildman–Crippen LogP) is 4.16. The smallest absolute Gasteiger partial charge is 0.266 e. The average Bonchev–Trinajstić information content (AvgIpc) is 2.75. The second-order valence-electron chi connectivity index (χ2n) is 6.79. The van der Waals surface area contributed by atoms with Crippen molar-refractivity contribution in [2.24, 2.45) is 0 Å². The molecule has 0 radical (unpaired) electrons. The molecule has 0 aliphatic rings. The zero-order valence-corrected chi connectivity index (χ0v) is 20.7. The summed E-state index contributed by atoms with van der Waals surface area (Å²) < 4.78 is 5.49. The van der Waals surface area contributed by atoms with Crippen molar-refractivity contribution in [2.45, 2.75) is 32.8 Å². The summed E-state index contributed by atoms with van der Waals surface area (Å²) in [6.45, 7) is 3.28. The fourth-order valence-corrected chi connectivity index (χ4v) is 3.21. The maximum Gasteiger partial charge on any atom is 0.266 e. The Kier molecular flexibility index (Phi) is 10.2. The van der Waals surface area contributed by atoms with E-state index >= 15 is 0 Å². The van der Waals surface area contributed by atoms with Gasteiger partial charge < -0.3 is 10.1 Å². The summed E-state index contributed by atoms with van der Waals surface area (Å²) in [6.07, 6.45) is -1.10. The topological polar surface area (TPSA) is 109 Å². The molecule has 8 nitrogen and oxygen atoms in total. The van der Waals surface area contributed by atoms with Crippen LogP contribution in [0.3, 0.4) is 0 Å². The van der Waals surface area contributed by atoms with Crippen LogP contribution in [0.25, 0.3) is 0 Å². The minimum Gasteiger partial charge on any atom is -0.479 e. The predicted molar refractivity (Wildman–Crippen MR) is 133 cm³/mol. The molecular weight excluding hydrogens is 511 g/mol. The van der Waals surface area contributed by atoms with Gasteiger partial charge >= 0.3 is 0 Å². The molecule has 0 aliphatic carbocycles. The molecule has 0 fully saturated rings. The zero-order valence-electron chi connectivity index (χ0n) is 17.6. The first-order valence-electron chi connectivity index (χ1n) is 9.63. The molecule has 2 aromatic carbocycles. The van der Waals surface area contributed by atoms with E-state index in [9.17, 15) is 14.4 Å². The molecule has 2 rings (SSSR count). The average molecular weight is 532 g/mol. The second kappa shape index (κ2) is 12.6. The number of anilines is 1. The van der Waals surface area contributed by atoms with Crippen molar-refractivity contribution in [2.75, 3.05) is 5.32 Å². The van der Waals surface area contributed by atoms with Crippen LogP contribution in [0.5, 0.6) is 5.75 Å². The third-order valence-corrected chi connectivity index (χ3v) is 5.38. The number of carbonyl (C=O) groups excluding carboxylic acids is 3. The van der Waals surface area contributed by atoms with E-state index in [1.165, 1.54) is 19.1 Å². The van der Waals surface area contributed by atoms with Crippen molar-refractivity contribution in [1.82, 2.24) is 16.2 Å². The number of ether oxygens (including phenoxy) is 1. The summed E-state index contributed by atoms with van der Waals surface area (Å²) in [4.78, 5) is 36.2. The van der Waals surface area contributed by atoms with Gasteiger partial charge in [-0.1, -0.05) is 40.9 Å². The molecule has 0 saturated carbocycles. The minimum atomic E-state index is -0.933. The lowest BCUT2D eigenvalue weighted by atomic mass is 10.2. The second-order valence-corrected chi connectivity index (χ2v) is 8.45. The van der Waals surface area contributed by atoms with Crippen molar-refractivity contribution < 1.29 is 19.1 Å². The summed E-state index contributed by atoms with van der Waals surface area (Å²) in [5.74, 6) is -1.13. The number of hydrazine groups is 1. The van der Waals surface area contributed by atoms with Crippen molar-refractivity contribution in [3.8, 4) is 5.75 Å². The standard InChI is InChI=1S/C21H21Cl3N4O4S/c1-11-14(23)4-3-5-16(11)25-18(29)8-9-19(30)27-28-21(33)26-20(31)12(2)32-17-7-6-13(22)10-15(17)24/h3-7,10,12H,8-9H2,1-2H3,(H,25,29)(H,27,30)(H2,26,28,31,33). The molecule has 2 aromatic rings. The molecule has 0 bridgehead atoms. The normalized spacial score (nSPS) is 11.2. The highest BCUT2D eigenvalue weighted by Gasteiger charge is 2.18. The van der Waals surface area contributed by atoms with Crippen LogP contribution < -0.4 is 26.2 Å². The van der Waals surface area contributed by atoms with Gasteiger partial charge in [0.25, 0.3) is 5.91 Å². The Balaban J connectivity index is 1.71. The van der Waals surface area contributed by atoms with Gasteiger partial charge in [0.2, 0.25) is 11.8 Å². The molecule has 4 N–H and O–H groups in total. The van der Waals surface area contributed by atoms with E-state index in [0.29, 0.717) is 15.7 Å². The quantitative estimate of drug-likeness (QED) is 0.316. The van der Waals surface area contributed by atoms with Crippen LogP contribution in [0.4, 0.5) is 5.69 Å². The van der Waals surface area contributed by atoms with E-state index in [1.54, 1.807) is 31.2 Å². The minimum absolute atomic E-state index is 0.0642. The maximum atomic E-state index is 12.2. The molecule has 1 atom stereocenters. The van der Waals surface area contributed by atoms with Crippen LogP contribution in [-0.4, -0.2) is 28.9 Å². The van der Waals surface area contributed by atoms with Crippen molar-refractivity contribution >= 4 is 75.5 Å². The molecule has 1 unspecified atom stereocenters. The number of benzene rings is 2. The molecule has 176 valence electrons. The number of rotatable bonds is 7. The fourth-order valence-electron chi connectivity index (χ4n) is 2.43. The lowest BCUT2D eigenvalue weighted by Crippen LogP contribution is -2.51. The lowest BCUT2D eigenvalue weighted by molar-refractivity contribution is -0.126. The van der Waals surface area contributed by atoms with Crippen LogP contribution in [0.15, 0.2) is 36.4 Å². The Labute approximate surface area is 211 Å². The number of amides is 3. The highest BCUT2D eigenvalue weighted by molar-refractivity contribution is 7.80. The summed E-state index contributed by atoms with van der Waals surface area (Å²) in [5, 5.41) is 6.14. The van der Waals surface area contributed by atoms with Crippen LogP contribution in [0.1, 0.15) is 25.3 Å². The Morgan fingerprint density at radius 2 is 1.70 bits per heavy atom. The molecule has 33 heavy (non-hydrogen) atoms. The number of hydrogen-bond acceptors (Lipinski definition) is 5. The number of nitrogens with one attached hydrogen (secondary N) is 4. The maximum absolute atomic E-state index is 12.2. The summed E-state index contributed by atoms with van der Waals surface area (Å²) >= 11 is 22.8. The third kappa shape index (κ3) is 8.70. The van der Waals surface area contributed by atoms with Crippen LogP contribution in [0.2, 0.25) is 15.1 Å². The van der Waals surface area contributed by atoms with Gasteiger partial charge in [0, 0.05) is 28.6 Å². The van der Waals surface area contributed by atoms with Crippen molar-refractivity contribution in [3.05, 3.63) is 57.0 Å². The van der Waals surface area contributed by atoms with Crippen LogP contribution in [0, 0.1) is 6.92 Å². The van der Waals surface area contributed by atoms with E-state index in [4.69, 9.17) is 51.8 Å². The first-order chi connectivity index (χ1) is 15.6. The third-order valence-electron chi connectivity index (χ3n) is 4.24. The summed E-state index contributed by atoms with van der Waals surface area (Å²) in [7, 11) is 0. The molecule has 3 amide bonds. The zero-order chi connectivity index (χ0) is 24.5. The molecule has 0 aliphatic heterocycles. The Morgan fingerprint density at radius 1 is 1.00 bits per heavy atom. The monoisotopic (exact) mass is 530 g/mol. The van der Waals surface area contributed by atoms with Gasteiger partial charge in [0.05, 0.1) is 5.02 Å². The van der Waals surface area contributed by atoms with Crippen LogP contribution >= 0.6 is 47.0 Å². The highest BCUT2D eigenvalue weighted by Crippen LogP contribution is 2.28. The number of thiocarbonyl (C=S) groups is 1. The summed E-state index contributed by atoms with van der Waals surface area (Å²) in [6, 6.07) is 9.75. The van der Waals surface area contributed by atoms with E-state index in [-0.39, 0.29) is 34.6 Å². The van der Waals surface area contributed by atoms with E-state index in [1.807, 2.05) is 0 Å². The van der Waals surface area contributed by atoms with Gasteiger partial charge in [-0.05, 0) is 62.0 Å². The van der Waals surface area contributed by atoms with Gasteiger partial charge in [0.15, 0.2) is 11.2 Å². The molecule has 0 saturated heterocycles. The molecule has 0 spiro atoms. The largest absolute Gasteiger partial charge is 0.479 e. The lowest BCUT2D eigenvalue weighted by Gasteiger charge is -2.17. The SMILES string of the molecule is Cc1c(Cl)cccc1NC(=O)CCC(=O)NNC(=S)NC(=O)C(C)Oc1ccc(Cl)cc1Cl. The number of hydrogen-bond donors (Lipinski definition) is 4. The Morgan fingerprint density at radius 3 is 2.39 bits per heavy atom. The fraction of sp³-hybridized carbons (Fsp3) is 0.238. The first kappa shape index (κ1) is 26.7. The molecule has 0 heterocycles. The summed E-state index contributed by atoms with van der Waals surface area (Å²) in [5.41, 5.74) is 6.01. The highest BCUT2D eigenvalue weighted by atomic mass is 35.5. The van der Waals surface area contributed by atoms with E-state index in [0.717, 1.165) is 5.56 Å². The molecule has 12 heteroatoms. The number of carbonyl (C=O) groups is 3. The Hall–Kier alpha value is -2.59. The van der Waals surface area contributed by atoms with Gasteiger partial charge in [-0.3, -0.25) is 30.6 Å². The van der Waals surface area contributed by atoms with Gasteiger partial charge in [-0.2, -0.15) is 0 Å². The van der Waals surface area contributed by atoms with Gasteiger partial charge in [-0.15, -0.1) is 0 Å². The Bertz CT molecular complexity index is 1070. The van der Waals surface area contributed by atoms with E-state index < -0.39 is 17.9 Å². The molecule has 0 aromatic heterocycles. The van der Waals surface area contributed by atoms with Crippen molar-refractivity contribution in [3.63, 3.8) is 0 Å².